The molecule has 2 aromatic rings. The van der Waals surface area contributed by atoms with Gasteiger partial charge in [0.05, 0.1) is 0 Å². The zero-order valence-electron chi connectivity index (χ0n) is 13.0. The quantitative estimate of drug-likeness (QED) is 0.749. The molecule has 0 bridgehead atoms. The van der Waals surface area contributed by atoms with Crippen LogP contribution in [-0.4, -0.2) is 6.04 Å². The van der Waals surface area contributed by atoms with Crippen LogP contribution in [0.1, 0.15) is 60.6 Å². The van der Waals surface area contributed by atoms with Crippen LogP contribution in [0.5, 0.6) is 0 Å². The molecule has 0 spiro atoms. The van der Waals surface area contributed by atoms with E-state index in [1.165, 1.54) is 36.1 Å². The minimum Gasteiger partial charge on any atom is -0.306 e. The van der Waals surface area contributed by atoms with Crippen molar-refractivity contribution in [1.29, 1.82) is 0 Å². The van der Waals surface area contributed by atoms with Gasteiger partial charge in [0, 0.05) is 17.0 Å². The van der Waals surface area contributed by atoms with Crippen LogP contribution >= 0.6 is 11.3 Å². The van der Waals surface area contributed by atoms with Crippen molar-refractivity contribution in [2.45, 2.75) is 57.5 Å². The topological polar surface area (TPSA) is 12.0 Å². The molecular weight excluding hydrogens is 274 g/mol. The average molecular weight is 299 g/mol. The Hall–Kier alpha value is -1.12. The summed E-state index contributed by atoms with van der Waals surface area (Å²) in [6.45, 7) is 4.51. The first-order chi connectivity index (χ1) is 10.3. The van der Waals surface area contributed by atoms with Gasteiger partial charge < -0.3 is 5.32 Å². The van der Waals surface area contributed by atoms with E-state index >= 15 is 0 Å². The van der Waals surface area contributed by atoms with Gasteiger partial charge in [0.25, 0.3) is 0 Å². The molecule has 112 valence electrons. The van der Waals surface area contributed by atoms with Crippen LogP contribution in [0.3, 0.4) is 0 Å². The molecule has 0 amide bonds. The molecule has 0 aliphatic heterocycles. The molecule has 0 radical (unpaired) electrons. The van der Waals surface area contributed by atoms with Gasteiger partial charge in [0.1, 0.15) is 0 Å². The third-order valence-electron chi connectivity index (χ3n) is 4.67. The molecule has 1 heterocycles. The van der Waals surface area contributed by atoms with Gasteiger partial charge in [-0.2, -0.15) is 0 Å². The number of benzene rings is 1. The summed E-state index contributed by atoms with van der Waals surface area (Å²) in [5.74, 6) is 0.759. The summed E-state index contributed by atoms with van der Waals surface area (Å²) in [5.41, 5.74) is 3.00. The Morgan fingerprint density at radius 1 is 1.19 bits per heavy atom. The first-order valence-electron chi connectivity index (χ1n) is 8.13. The molecule has 1 aromatic heterocycles. The summed E-state index contributed by atoms with van der Waals surface area (Å²) in [6, 6.07) is 14.5. The number of rotatable bonds is 6. The second-order valence-corrected chi connectivity index (χ2v) is 7.22. The number of thiophene rings is 1. The number of hydrogen-bond acceptors (Lipinski definition) is 2. The Bertz CT molecular complexity index is 555. The summed E-state index contributed by atoms with van der Waals surface area (Å²) in [7, 11) is 0. The van der Waals surface area contributed by atoms with Crippen LogP contribution in [-0.2, 0) is 0 Å². The lowest BCUT2D eigenvalue weighted by molar-refractivity contribution is 0.260. The Kier molecular flexibility index (Phi) is 4.77. The van der Waals surface area contributed by atoms with E-state index < -0.39 is 0 Å². The van der Waals surface area contributed by atoms with Crippen molar-refractivity contribution in [3.63, 3.8) is 0 Å². The monoisotopic (exact) mass is 299 g/mol. The van der Waals surface area contributed by atoms with Gasteiger partial charge >= 0.3 is 0 Å². The molecule has 1 aromatic carbocycles. The van der Waals surface area contributed by atoms with Crippen molar-refractivity contribution in [2.75, 3.05) is 0 Å². The van der Waals surface area contributed by atoms with E-state index in [4.69, 9.17) is 0 Å². The van der Waals surface area contributed by atoms with Crippen molar-refractivity contribution in [3.8, 4) is 0 Å². The van der Waals surface area contributed by atoms with Gasteiger partial charge in [-0.05, 0) is 54.7 Å². The predicted octanol–water partition coefficient (Wildman–Crippen LogP) is 5.43. The minimum absolute atomic E-state index is 0.554. The molecule has 2 heteroatoms. The third kappa shape index (κ3) is 3.38. The maximum Gasteiger partial charge on any atom is 0.0416 e. The van der Waals surface area contributed by atoms with E-state index in [0.717, 1.165) is 5.92 Å². The Morgan fingerprint density at radius 2 is 2.00 bits per heavy atom. The first-order valence-corrected chi connectivity index (χ1v) is 9.01. The largest absolute Gasteiger partial charge is 0.306 e. The highest BCUT2D eigenvalue weighted by molar-refractivity contribution is 7.10. The van der Waals surface area contributed by atoms with E-state index in [1.54, 1.807) is 5.56 Å². The molecule has 1 unspecified atom stereocenters. The van der Waals surface area contributed by atoms with E-state index in [2.05, 4.69) is 60.9 Å². The lowest BCUT2D eigenvalue weighted by Gasteiger charge is -2.39. The maximum atomic E-state index is 3.89. The van der Waals surface area contributed by atoms with Gasteiger partial charge in [0.2, 0.25) is 0 Å². The zero-order chi connectivity index (χ0) is 14.7. The van der Waals surface area contributed by atoms with Gasteiger partial charge in [-0.25, -0.2) is 0 Å². The zero-order valence-corrected chi connectivity index (χ0v) is 13.8. The maximum absolute atomic E-state index is 3.89. The van der Waals surface area contributed by atoms with Gasteiger partial charge in [-0.15, -0.1) is 11.3 Å². The van der Waals surface area contributed by atoms with Crippen molar-refractivity contribution < 1.29 is 0 Å². The van der Waals surface area contributed by atoms with Crippen molar-refractivity contribution >= 4 is 11.3 Å². The van der Waals surface area contributed by atoms with Crippen LogP contribution in [0.4, 0.5) is 0 Å². The Labute approximate surface area is 132 Å². The Balaban J connectivity index is 1.57. The summed E-state index contributed by atoms with van der Waals surface area (Å²) < 4.78 is 0. The highest BCUT2D eigenvalue weighted by Gasteiger charge is 2.32. The fourth-order valence-electron chi connectivity index (χ4n) is 3.42. The van der Waals surface area contributed by atoms with Crippen molar-refractivity contribution in [2.24, 2.45) is 0 Å². The molecule has 1 nitrogen and oxygen atoms in total. The summed E-state index contributed by atoms with van der Waals surface area (Å²) in [4.78, 5) is 1.50. The smallest absolute Gasteiger partial charge is 0.0416 e. The van der Waals surface area contributed by atoms with E-state index in [0.29, 0.717) is 12.1 Å². The normalized spacial score (nSPS) is 22.8. The van der Waals surface area contributed by atoms with Crippen LogP contribution in [0.25, 0.3) is 0 Å². The number of hydrogen-bond donors (Lipinski definition) is 1. The second kappa shape index (κ2) is 6.76. The van der Waals surface area contributed by atoms with E-state index in [-0.39, 0.29) is 0 Å². The highest BCUT2D eigenvalue weighted by atomic mass is 32.1. The van der Waals surface area contributed by atoms with Crippen molar-refractivity contribution in [3.05, 3.63) is 57.8 Å². The molecule has 1 atom stereocenters. The summed E-state index contributed by atoms with van der Waals surface area (Å²) in [6.07, 6.45) is 5.06. The molecule has 0 saturated heterocycles. The Morgan fingerprint density at radius 3 is 2.67 bits per heavy atom. The van der Waals surface area contributed by atoms with Crippen LogP contribution < -0.4 is 5.32 Å². The van der Waals surface area contributed by atoms with Gasteiger partial charge in [-0.1, -0.05) is 43.7 Å². The van der Waals surface area contributed by atoms with Gasteiger partial charge in [-0.3, -0.25) is 0 Å². The lowest BCUT2D eigenvalue weighted by Crippen LogP contribution is -2.42. The average Bonchev–Trinajstić information content (AvgIpc) is 2.96. The number of nitrogens with one attached hydrogen (secondary N) is 1. The molecule has 1 saturated carbocycles. The molecule has 3 rings (SSSR count). The third-order valence-corrected chi connectivity index (χ3v) is 5.65. The molecule has 1 N–H and O–H groups in total. The van der Waals surface area contributed by atoms with Gasteiger partial charge in [0.15, 0.2) is 0 Å². The van der Waals surface area contributed by atoms with E-state index in [1.807, 2.05) is 11.3 Å². The fourth-order valence-corrected chi connectivity index (χ4v) is 4.24. The number of aryl methyl sites for hydroxylation is 1. The fraction of sp³-hybridized carbons (Fsp3) is 0.474. The first kappa shape index (κ1) is 14.8. The van der Waals surface area contributed by atoms with Crippen LogP contribution in [0.2, 0.25) is 0 Å². The minimum atomic E-state index is 0.554. The predicted molar refractivity (Wildman–Crippen MR) is 92.0 cm³/mol. The van der Waals surface area contributed by atoms with E-state index in [9.17, 15) is 0 Å². The molecule has 21 heavy (non-hydrogen) atoms. The molecule has 1 fully saturated rings. The van der Waals surface area contributed by atoms with Crippen LogP contribution in [0.15, 0.2) is 41.8 Å². The molecule has 1 aliphatic rings. The summed E-state index contributed by atoms with van der Waals surface area (Å²) >= 11 is 1.88. The summed E-state index contributed by atoms with van der Waals surface area (Å²) in [5, 5.41) is 6.08. The SMILES string of the molecule is CCCC(NC1CC(c2ccccc2C)C1)c1cccs1. The standard InChI is InChI=1S/C19H25NS/c1-3-7-18(19-10-6-11-21-19)20-16-12-15(13-16)17-9-5-4-8-14(17)2/h4-6,8-11,15-16,18,20H,3,7,12-13H2,1-2H3. The molecular formula is C19H25NS. The lowest BCUT2D eigenvalue weighted by atomic mass is 9.74. The van der Waals surface area contributed by atoms with Crippen molar-refractivity contribution in [1.82, 2.24) is 5.32 Å². The molecule has 1 aliphatic carbocycles. The second-order valence-electron chi connectivity index (χ2n) is 6.25. The highest BCUT2D eigenvalue weighted by Crippen LogP contribution is 2.39. The van der Waals surface area contributed by atoms with Crippen LogP contribution in [0, 0.1) is 6.92 Å².